The molecule has 0 bridgehead atoms. The van der Waals surface area contributed by atoms with Crippen LogP contribution in [0.5, 0.6) is 0 Å². The highest BCUT2D eigenvalue weighted by Gasteiger charge is 2.12. The fourth-order valence-corrected chi connectivity index (χ4v) is 1.97. The third kappa shape index (κ3) is 2.24. The van der Waals surface area contributed by atoms with E-state index in [2.05, 4.69) is 17.9 Å². The summed E-state index contributed by atoms with van der Waals surface area (Å²) < 4.78 is 0. The summed E-state index contributed by atoms with van der Waals surface area (Å²) in [6.07, 6.45) is 3.26. The number of nitrogens with zero attached hydrogens (tertiary/aromatic N) is 1. The summed E-state index contributed by atoms with van der Waals surface area (Å²) in [4.78, 5) is 13.1. The molecule has 1 aromatic carbocycles. The number of carbonyl (C=O) groups is 1. The van der Waals surface area contributed by atoms with Gasteiger partial charge in [0.25, 0.3) is 0 Å². The predicted molar refractivity (Wildman–Crippen MR) is 64.0 cm³/mol. The van der Waals surface area contributed by atoms with Gasteiger partial charge in [-0.05, 0) is 31.5 Å². The van der Waals surface area contributed by atoms with Crippen molar-refractivity contribution in [2.75, 3.05) is 18.0 Å². The molecule has 0 aliphatic carbocycles. The molecular formula is C13H15NO2. The Bertz CT molecular complexity index is 437. The minimum absolute atomic E-state index is 0.352. The molecule has 1 heterocycles. The summed E-state index contributed by atoms with van der Waals surface area (Å²) in [6, 6.07) is 7.12. The van der Waals surface area contributed by atoms with Crippen molar-refractivity contribution in [3.63, 3.8) is 0 Å². The second kappa shape index (κ2) is 4.39. The van der Waals surface area contributed by atoms with Gasteiger partial charge in [-0.3, -0.25) is 0 Å². The van der Waals surface area contributed by atoms with Gasteiger partial charge in [-0.2, -0.15) is 0 Å². The number of hydrogen-bond donors (Lipinski definition) is 1. The molecule has 84 valence electrons. The Balaban J connectivity index is 2.24. The molecule has 0 atom stereocenters. The van der Waals surface area contributed by atoms with E-state index in [-0.39, 0.29) is 0 Å². The zero-order valence-corrected chi connectivity index (χ0v) is 9.31. The quantitative estimate of drug-likeness (QED) is 0.774. The minimum atomic E-state index is -0.869. The van der Waals surface area contributed by atoms with Crippen molar-refractivity contribution in [3.05, 3.63) is 41.5 Å². The van der Waals surface area contributed by atoms with Crippen molar-refractivity contribution in [1.82, 2.24) is 0 Å². The maximum Gasteiger partial charge on any atom is 0.335 e. The van der Waals surface area contributed by atoms with Crippen LogP contribution >= 0.6 is 0 Å². The van der Waals surface area contributed by atoms with Crippen molar-refractivity contribution >= 4 is 11.7 Å². The second-order valence-electron chi connectivity index (χ2n) is 4.12. The molecule has 0 amide bonds. The molecule has 3 heteroatoms. The van der Waals surface area contributed by atoms with E-state index >= 15 is 0 Å². The maximum absolute atomic E-state index is 10.9. The van der Waals surface area contributed by atoms with E-state index in [1.165, 1.54) is 5.57 Å². The summed E-state index contributed by atoms with van der Waals surface area (Å²) in [5.41, 5.74) is 2.68. The largest absolute Gasteiger partial charge is 0.478 e. The average molecular weight is 217 g/mol. The standard InChI is InChI=1S/C13H15NO2/c1-10-4-3-7-14(9-10)12-6-2-5-11(8-12)13(15)16/h2,4-6,8H,3,7,9H2,1H3,(H,15,16). The van der Waals surface area contributed by atoms with Crippen LogP contribution in [0.4, 0.5) is 5.69 Å². The number of benzene rings is 1. The van der Waals surface area contributed by atoms with Gasteiger partial charge in [0.1, 0.15) is 0 Å². The van der Waals surface area contributed by atoms with E-state index in [1.807, 2.05) is 6.07 Å². The summed E-state index contributed by atoms with van der Waals surface area (Å²) in [5, 5.41) is 8.93. The van der Waals surface area contributed by atoms with Crippen LogP contribution in [0.25, 0.3) is 0 Å². The molecule has 0 unspecified atom stereocenters. The van der Waals surface area contributed by atoms with E-state index in [1.54, 1.807) is 18.2 Å². The van der Waals surface area contributed by atoms with Crippen LogP contribution in [0.2, 0.25) is 0 Å². The first-order valence-electron chi connectivity index (χ1n) is 5.41. The molecule has 2 rings (SSSR count). The van der Waals surface area contributed by atoms with Crippen molar-refractivity contribution in [3.8, 4) is 0 Å². The monoisotopic (exact) mass is 217 g/mol. The Kier molecular flexibility index (Phi) is 2.95. The van der Waals surface area contributed by atoms with Crippen LogP contribution in [0.15, 0.2) is 35.9 Å². The summed E-state index contributed by atoms with van der Waals surface area (Å²) in [5.74, 6) is -0.869. The summed E-state index contributed by atoms with van der Waals surface area (Å²) in [6.45, 7) is 3.96. The van der Waals surface area contributed by atoms with Crippen molar-refractivity contribution in [2.45, 2.75) is 13.3 Å². The molecule has 0 radical (unpaired) electrons. The molecule has 0 saturated heterocycles. The summed E-state index contributed by atoms with van der Waals surface area (Å²) in [7, 11) is 0. The zero-order chi connectivity index (χ0) is 11.5. The molecule has 0 fully saturated rings. The van der Waals surface area contributed by atoms with Crippen molar-refractivity contribution in [2.24, 2.45) is 0 Å². The Labute approximate surface area is 95.0 Å². The zero-order valence-electron chi connectivity index (χ0n) is 9.31. The van der Waals surface area contributed by atoms with Crippen molar-refractivity contribution in [1.29, 1.82) is 0 Å². The van der Waals surface area contributed by atoms with E-state index in [0.717, 1.165) is 25.2 Å². The third-order valence-electron chi connectivity index (χ3n) is 2.79. The van der Waals surface area contributed by atoms with Crippen LogP contribution in [0.1, 0.15) is 23.7 Å². The first-order chi connectivity index (χ1) is 7.66. The van der Waals surface area contributed by atoms with Gasteiger partial charge in [0.05, 0.1) is 5.56 Å². The number of carboxylic acids is 1. The highest BCUT2D eigenvalue weighted by molar-refractivity contribution is 5.88. The molecule has 1 aliphatic heterocycles. The lowest BCUT2D eigenvalue weighted by Crippen LogP contribution is -2.29. The van der Waals surface area contributed by atoms with E-state index < -0.39 is 5.97 Å². The van der Waals surface area contributed by atoms with Crippen LogP contribution < -0.4 is 4.90 Å². The summed E-state index contributed by atoms with van der Waals surface area (Å²) >= 11 is 0. The highest BCUT2D eigenvalue weighted by Crippen LogP contribution is 2.20. The normalized spacial score (nSPS) is 15.8. The van der Waals surface area contributed by atoms with Gasteiger partial charge in [0.2, 0.25) is 0 Å². The Morgan fingerprint density at radius 3 is 2.94 bits per heavy atom. The lowest BCUT2D eigenvalue weighted by molar-refractivity contribution is 0.0697. The first-order valence-corrected chi connectivity index (χ1v) is 5.41. The van der Waals surface area contributed by atoms with Gasteiger partial charge in [-0.1, -0.05) is 17.7 Å². The van der Waals surface area contributed by atoms with Crippen LogP contribution in [0.3, 0.4) is 0 Å². The lowest BCUT2D eigenvalue weighted by Gasteiger charge is -2.28. The third-order valence-corrected chi connectivity index (χ3v) is 2.79. The molecule has 3 nitrogen and oxygen atoms in total. The van der Waals surface area contributed by atoms with Crippen LogP contribution in [0, 0.1) is 0 Å². The smallest absolute Gasteiger partial charge is 0.335 e. The molecule has 0 aromatic heterocycles. The number of hydrogen-bond acceptors (Lipinski definition) is 2. The Morgan fingerprint density at radius 2 is 2.25 bits per heavy atom. The molecular weight excluding hydrogens is 202 g/mol. The predicted octanol–water partition coefficient (Wildman–Crippen LogP) is 2.54. The second-order valence-corrected chi connectivity index (χ2v) is 4.12. The number of aromatic carboxylic acids is 1. The van der Waals surface area contributed by atoms with Gasteiger partial charge in [-0.15, -0.1) is 0 Å². The lowest BCUT2D eigenvalue weighted by atomic mass is 10.1. The van der Waals surface area contributed by atoms with Gasteiger partial charge < -0.3 is 10.0 Å². The maximum atomic E-state index is 10.9. The highest BCUT2D eigenvalue weighted by atomic mass is 16.4. The van der Waals surface area contributed by atoms with Gasteiger partial charge in [0, 0.05) is 18.8 Å². The Morgan fingerprint density at radius 1 is 1.44 bits per heavy atom. The van der Waals surface area contributed by atoms with E-state index in [0.29, 0.717) is 5.56 Å². The number of carboxylic acid groups (broad SMARTS) is 1. The topological polar surface area (TPSA) is 40.5 Å². The fraction of sp³-hybridized carbons (Fsp3) is 0.308. The average Bonchev–Trinajstić information content (AvgIpc) is 2.29. The number of rotatable bonds is 2. The number of anilines is 1. The molecule has 1 aromatic rings. The molecule has 1 aliphatic rings. The molecule has 1 N–H and O–H groups in total. The minimum Gasteiger partial charge on any atom is -0.478 e. The van der Waals surface area contributed by atoms with Crippen LogP contribution in [-0.4, -0.2) is 24.2 Å². The molecule has 16 heavy (non-hydrogen) atoms. The molecule has 0 saturated carbocycles. The molecule has 0 spiro atoms. The van der Waals surface area contributed by atoms with Crippen molar-refractivity contribution < 1.29 is 9.90 Å². The first kappa shape index (κ1) is 10.7. The van der Waals surface area contributed by atoms with Gasteiger partial charge in [-0.25, -0.2) is 4.79 Å². The van der Waals surface area contributed by atoms with E-state index in [9.17, 15) is 4.79 Å². The van der Waals surface area contributed by atoms with Crippen LogP contribution in [-0.2, 0) is 0 Å². The Hall–Kier alpha value is -1.77. The van der Waals surface area contributed by atoms with Gasteiger partial charge >= 0.3 is 5.97 Å². The van der Waals surface area contributed by atoms with Gasteiger partial charge in [0.15, 0.2) is 0 Å². The van der Waals surface area contributed by atoms with E-state index in [4.69, 9.17) is 5.11 Å². The SMILES string of the molecule is CC1=CCCN(c2cccc(C(=O)O)c2)C1. The fourth-order valence-electron chi connectivity index (χ4n) is 1.97.